The van der Waals surface area contributed by atoms with Crippen LogP contribution >= 0.6 is 11.8 Å². The summed E-state index contributed by atoms with van der Waals surface area (Å²) in [6, 6.07) is 2.06. The number of nitrogens with one attached hydrogen (secondary N) is 1. The summed E-state index contributed by atoms with van der Waals surface area (Å²) in [7, 11) is 0. The monoisotopic (exact) mass is 253 g/mol. The lowest BCUT2D eigenvalue weighted by atomic mass is 10.0. The summed E-state index contributed by atoms with van der Waals surface area (Å²) in [6.45, 7) is 4.53. The van der Waals surface area contributed by atoms with E-state index in [1.54, 1.807) is 0 Å². The second-order valence-corrected chi connectivity index (χ2v) is 5.19. The summed E-state index contributed by atoms with van der Waals surface area (Å²) < 4.78 is 5.41. The Bertz CT molecular complexity index is 367. The Kier molecular flexibility index (Phi) is 4.62. The van der Waals surface area contributed by atoms with Crippen LogP contribution in [0.5, 0.6) is 0 Å². The van der Waals surface area contributed by atoms with E-state index in [-0.39, 0.29) is 0 Å². The first-order chi connectivity index (χ1) is 8.29. The minimum atomic E-state index is 0.442. The molecular formula is C12H19N3OS. The van der Waals surface area contributed by atoms with Gasteiger partial charge < -0.3 is 10.1 Å². The second-order valence-electron chi connectivity index (χ2n) is 4.21. The third kappa shape index (κ3) is 3.57. The predicted molar refractivity (Wildman–Crippen MR) is 71.8 cm³/mol. The van der Waals surface area contributed by atoms with Crippen molar-refractivity contribution in [3.8, 4) is 0 Å². The van der Waals surface area contributed by atoms with Gasteiger partial charge in [-0.2, -0.15) is 11.8 Å². The van der Waals surface area contributed by atoms with E-state index in [2.05, 4.69) is 27.6 Å². The van der Waals surface area contributed by atoms with Gasteiger partial charge in [-0.3, -0.25) is 0 Å². The van der Waals surface area contributed by atoms with Gasteiger partial charge in [0.15, 0.2) is 0 Å². The predicted octanol–water partition coefficient (Wildman–Crippen LogP) is 2.06. The van der Waals surface area contributed by atoms with Gasteiger partial charge in [-0.1, -0.05) is 0 Å². The Morgan fingerprint density at radius 1 is 1.53 bits per heavy atom. The minimum absolute atomic E-state index is 0.442. The fourth-order valence-electron chi connectivity index (χ4n) is 1.94. The van der Waals surface area contributed by atoms with Crippen molar-refractivity contribution in [3.63, 3.8) is 0 Å². The molecule has 0 bridgehead atoms. The van der Waals surface area contributed by atoms with Crippen LogP contribution in [0.15, 0.2) is 6.07 Å². The molecule has 0 saturated carbocycles. The molecule has 0 amide bonds. The minimum Gasteiger partial charge on any atom is -0.381 e. The SMILES string of the molecule is CSCCNc1cc([C@H]2CCOC2)nc(C)n1. The molecule has 1 aliphatic rings. The van der Waals surface area contributed by atoms with Crippen LogP contribution in [0, 0.1) is 6.92 Å². The zero-order valence-corrected chi connectivity index (χ0v) is 11.2. The van der Waals surface area contributed by atoms with Crippen molar-refractivity contribution in [2.45, 2.75) is 19.3 Å². The van der Waals surface area contributed by atoms with Gasteiger partial charge in [-0.25, -0.2) is 9.97 Å². The van der Waals surface area contributed by atoms with E-state index in [9.17, 15) is 0 Å². The van der Waals surface area contributed by atoms with Crippen LogP contribution in [-0.4, -0.2) is 41.7 Å². The highest BCUT2D eigenvalue weighted by atomic mass is 32.2. The van der Waals surface area contributed by atoms with Gasteiger partial charge in [0.05, 0.1) is 12.3 Å². The summed E-state index contributed by atoms with van der Waals surface area (Å²) in [4.78, 5) is 8.91. The maximum Gasteiger partial charge on any atom is 0.129 e. The first-order valence-corrected chi connectivity index (χ1v) is 7.35. The lowest BCUT2D eigenvalue weighted by Crippen LogP contribution is -2.10. The zero-order valence-electron chi connectivity index (χ0n) is 10.4. The highest BCUT2D eigenvalue weighted by Gasteiger charge is 2.20. The highest BCUT2D eigenvalue weighted by Crippen LogP contribution is 2.24. The largest absolute Gasteiger partial charge is 0.381 e. The fraction of sp³-hybridized carbons (Fsp3) is 0.667. The Balaban J connectivity index is 2.05. The van der Waals surface area contributed by atoms with Gasteiger partial charge in [0.2, 0.25) is 0 Å². The quantitative estimate of drug-likeness (QED) is 0.814. The van der Waals surface area contributed by atoms with E-state index in [0.717, 1.165) is 49.3 Å². The number of ether oxygens (including phenoxy) is 1. The second kappa shape index (κ2) is 6.21. The Labute approximate surface area is 107 Å². The molecule has 1 saturated heterocycles. The van der Waals surface area contributed by atoms with Crippen molar-refractivity contribution in [3.05, 3.63) is 17.6 Å². The van der Waals surface area contributed by atoms with Gasteiger partial charge in [-0.15, -0.1) is 0 Å². The molecule has 0 aromatic carbocycles. The van der Waals surface area contributed by atoms with Crippen LogP contribution in [0.1, 0.15) is 23.9 Å². The van der Waals surface area contributed by atoms with Crippen molar-refractivity contribution in [1.29, 1.82) is 0 Å². The number of aryl methyl sites for hydroxylation is 1. The van der Waals surface area contributed by atoms with Crippen molar-refractivity contribution in [1.82, 2.24) is 9.97 Å². The van der Waals surface area contributed by atoms with Gasteiger partial charge in [0.25, 0.3) is 0 Å². The number of rotatable bonds is 5. The van der Waals surface area contributed by atoms with E-state index in [0.29, 0.717) is 5.92 Å². The first kappa shape index (κ1) is 12.6. The van der Waals surface area contributed by atoms with Crippen molar-refractivity contribution >= 4 is 17.6 Å². The van der Waals surface area contributed by atoms with Gasteiger partial charge in [0, 0.05) is 30.9 Å². The molecule has 1 atom stereocenters. The molecule has 1 fully saturated rings. The molecule has 1 aromatic heterocycles. The molecule has 1 N–H and O–H groups in total. The molecule has 0 radical (unpaired) electrons. The molecule has 1 aromatic rings. The van der Waals surface area contributed by atoms with Crippen molar-refractivity contribution in [2.24, 2.45) is 0 Å². The summed E-state index contributed by atoms with van der Waals surface area (Å²) in [5.74, 6) is 3.30. The summed E-state index contributed by atoms with van der Waals surface area (Å²) in [5, 5.41) is 3.34. The molecule has 0 spiro atoms. The number of nitrogens with zero attached hydrogens (tertiary/aromatic N) is 2. The van der Waals surface area contributed by atoms with Gasteiger partial charge >= 0.3 is 0 Å². The molecule has 4 nitrogen and oxygen atoms in total. The average Bonchev–Trinajstić information content (AvgIpc) is 2.82. The summed E-state index contributed by atoms with van der Waals surface area (Å²) in [5.41, 5.74) is 1.11. The number of hydrogen-bond donors (Lipinski definition) is 1. The molecule has 94 valence electrons. The Hall–Kier alpha value is -0.810. The molecule has 2 heterocycles. The molecule has 0 unspecified atom stereocenters. The van der Waals surface area contributed by atoms with Crippen LogP contribution in [-0.2, 0) is 4.74 Å². The number of aromatic nitrogens is 2. The summed E-state index contributed by atoms with van der Waals surface area (Å²) >= 11 is 1.83. The van der Waals surface area contributed by atoms with E-state index < -0.39 is 0 Å². The molecular weight excluding hydrogens is 234 g/mol. The van der Waals surface area contributed by atoms with Crippen molar-refractivity contribution in [2.75, 3.05) is 37.1 Å². The molecule has 2 rings (SSSR count). The van der Waals surface area contributed by atoms with Crippen molar-refractivity contribution < 1.29 is 4.74 Å². The Morgan fingerprint density at radius 2 is 2.41 bits per heavy atom. The van der Waals surface area contributed by atoms with Crippen LogP contribution in [0.2, 0.25) is 0 Å². The van der Waals surface area contributed by atoms with Crippen LogP contribution < -0.4 is 5.32 Å². The normalized spacial score (nSPS) is 19.5. The maximum atomic E-state index is 5.41. The smallest absolute Gasteiger partial charge is 0.129 e. The zero-order chi connectivity index (χ0) is 12.1. The summed E-state index contributed by atoms with van der Waals surface area (Å²) in [6.07, 6.45) is 3.18. The third-order valence-electron chi connectivity index (χ3n) is 2.82. The topological polar surface area (TPSA) is 47.0 Å². The van der Waals surface area contributed by atoms with E-state index in [1.165, 1.54) is 0 Å². The van der Waals surface area contributed by atoms with Crippen LogP contribution in [0.3, 0.4) is 0 Å². The van der Waals surface area contributed by atoms with E-state index >= 15 is 0 Å². The highest BCUT2D eigenvalue weighted by molar-refractivity contribution is 7.98. The average molecular weight is 253 g/mol. The molecule has 5 heteroatoms. The maximum absolute atomic E-state index is 5.41. The van der Waals surface area contributed by atoms with Gasteiger partial charge in [-0.05, 0) is 19.6 Å². The van der Waals surface area contributed by atoms with Gasteiger partial charge in [0.1, 0.15) is 11.6 Å². The Morgan fingerprint density at radius 3 is 3.12 bits per heavy atom. The lowest BCUT2D eigenvalue weighted by Gasteiger charge is -2.11. The van der Waals surface area contributed by atoms with E-state index in [4.69, 9.17) is 4.74 Å². The number of hydrogen-bond acceptors (Lipinski definition) is 5. The third-order valence-corrected chi connectivity index (χ3v) is 3.43. The lowest BCUT2D eigenvalue weighted by molar-refractivity contribution is 0.193. The molecule has 17 heavy (non-hydrogen) atoms. The van der Waals surface area contributed by atoms with Crippen LogP contribution in [0.4, 0.5) is 5.82 Å². The first-order valence-electron chi connectivity index (χ1n) is 5.95. The van der Waals surface area contributed by atoms with E-state index in [1.807, 2.05) is 18.7 Å². The fourth-order valence-corrected chi connectivity index (χ4v) is 2.25. The molecule has 0 aliphatic carbocycles. The van der Waals surface area contributed by atoms with Crippen LogP contribution in [0.25, 0.3) is 0 Å². The standard InChI is InChI=1S/C12H19N3OS/c1-9-14-11(10-3-5-16-8-10)7-12(15-9)13-4-6-17-2/h7,10H,3-6,8H2,1-2H3,(H,13,14,15)/t10-/m0/s1. The number of anilines is 1. The molecule has 1 aliphatic heterocycles. The number of thioether (sulfide) groups is 1.